The van der Waals surface area contributed by atoms with Crippen molar-refractivity contribution in [1.82, 2.24) is 25.2 Å². The van der Waals surface area contributed by atoms with Crippen LogP contribution in [-0.2, 0) is 16.1 Å². The van der Waals surface area contributed by atoms with E-state index in [1.54, 1.807) is 9.58 Å². The number of nitrogens with two attached hydrogens (primary N) is 1. The molecule has 0 unspecified atom stereocenters. The number of aryl methyl sites for hydroxylation is 1. The van der Waals surface area contributed by atoms with Gasteiger partial charge in [-0.2, -0.15) is 0 Å². The zero-order valence-electron chi connectivity index (χ0n) is 13.2. The van der Waals surface area contributed by atoms with Crippen LogP contribution in [0.25, 0.3) is 0 Å². The SMILES string of the molecule is CC(=O)N1C[C@@H](N)CC[C@@H](C(=O)NCCn2cc(C)nn2)C1. The first kappa shape index (κ1) is 16.4. The lowest BCUT2D eigenvalue weighted by atomic mass is 10.0. The van der Waals surface area contributed by atoms with Crippen molar-refractivity contribution in [1.29, 1.82) is 0 Å². The van der Waals surface area contributed by atoms with Gasteiger partial charge in [0.25, 0.3) is 0 Å². The Balaban J connectivity index is 1.83. The molecule has 8 heteroatoms. The molecule has 0 aliphatic carbocycles. The minimum Gasteiger partial charge on any atom is -0.354 e. The van der Waals surface area contributed by atoms with E-state index in [4.69, 9.17) is 5.73 Å². The zero-order chi connectivity index (χ0) is 16.1. The Labute approximate surface area is 130 Å². The van der Waals surface area contributed by atoms with Crippen molar-refractivity contribution < 1.29 is 9.59 Å². The molecule has 0 spiro atoms. The van der Waals surface area contributed by atoms with Gasteiger partial charge in [-0.05, 0) is 19.8 Å². The normalized spacial score (nSPS) is 22.2. The molecule has 122 valence electrons. The number of rotatable bonds is 4. The van der Waals surface area contributed by atoms with E-state index in [0.717, 1.165) is 12.1 Å². The van der Waals surface area contributed by atoms with E-state index in [1.807, 2.05) is 13.1 Å². The summed E-state index contributed by atoms with van der Waals surface area (Å²) in [6.45, 7) is 5.42. The molecule has 1 fully saturated rings. The molecule has 1 aromatic rings. The van der Waals surface area contributed by atoms with E-state index < -0.39 is 0 Å². The van der Waals surface area contributed by atoms with Crippen molar-refractivity contribution >= 4 is 11.8 Å². The third kappa shape index (κ3) is 4.52. The Hall–Kier alpha value is -1.96. The Bertz CT molecular complexity index is 529. The molecule has 2 rings (SSSR count). The minimum absolute atomic E-state index is 0.0304. The Morgan fingerprint density at radius 2 is 2.18 bits per heavy atom. The Kier molecular flexibility index (Phi) is 5.48. The highest BCUT2D eigenvalue weighted by molar-refractivity contribution is 5.80. The number of carbonyl (C=O) groups is 2. The van der Waals surface area contributed by atoms with Crippen LogP contribution in [0.4, 0.5) is 0 Å². The highest BCUT2D eigenvalue weighted by Crippen LogP contribution is 2.16. The lowest BCUT2D eigenvalue weighted by molar-refractivity contribution is -0.131. The van der Waals surface area contributed by atoms with Gasteiger partial charge in [-0.15, -0.1) is 5.10 Å². The van der Waals surface area contributed by atoms with Crippen LogP contribution in [-0.4, -0.2) is 57.4 Å². The van der Waals surface area contributed by atoms with Gasteiger partial charge >= 0.3 is 0 Å². The van der Waals surface area contributed by atoms with Crippen LogP contribution in [0, 0.1) is 12.8 Å². The van der Waals surface area contributed by atoms with Crippen LogP contribution < -0.4 is 11.1 Å². The fourth-order valence-corrected chi connectivity index (χ4v) is 2.64. The van der Waals surface area contributed by atoms with Gasteiger partial charge in [0.15, 0.2) is 0 Å². The molecule has 2 atom stereocenters. The van der Waals surface area contributed by atoms with Crippen LogP contribution in [0.5, 0.6) is 0 Å². The first-order valence-corrected chi connectivity index (χ1v) is 7.61. The molecule has 8 nitrogen and oxygen atoms in total. The Morgan fingerprint density at radius 1 is 1.41 bits per heavy atom. The van der Waals surface area contributed by atoms with Crippen molar-refractivity contribution in [2.24, 2.45) is 11.7 Å². The van der Waals surface area contributed by atoms with Gasteiger partial charge < -0.3 is 16.0 Å². The second-order valence-electron chi connectivity index (χ2n) is 5.87. The molecular formula is C14H24N6O2. The van der Waals surface area contributed by atoms with Crippen LogP contribution in [0.2, 0.25) is 0 Å². The average molecular weight is 308 g/mol. The maximum absolute atomic E-state index is 12.3. The van der Waals surface area contributed by atoms with Crippen LogP contribution >= 0.6 is 0 Å². The van der Waals surface area contributed by atoms with E-state index in [-0.39, 0.29) is 23.8 Å². The first-order valence-electron chi connectivity index (χ1n) is 7.61. The summed E-state index contributed by atoms with van der Waals surface area (Å²) in [5.74, 6) is -0.264. The number of nitrogens with zero attached hydrogens (tertiary/aromatic N) is 4. The number of carbonyl (C=O) groups excluding carboxylic acids is 2. The second kappa shape index (κ2) is 7.35. The summed E-state index contributed by atoms with van der Waals surface area (Å²) >= 11 is 0. The summed E-state index contributed by atoms with van der Waals surface area (Å²) in [5.41, 5.74) is 6.81. The summed E-state index contributed by atoms with van der Waals surface area (Å²) in [6.07, 6.45) is 3.29. The number of hydrogen-bond donors (Lipinski definition) is 2. The topological polar surface area (TPSA) is 106 Å². The molecule has 1 aliphatic rings. The van der Waals surface area contributed by atoms with Gasteiger partial charge in [0.2, 0.25) is 11.8 Å². The summed E-state index contributed by atoms with van der Waals surface area (Å²) in [7, 11) is 0. The smallest absolute Gasteiger partial charge is 0.224 e. The van der Waals surface area contributed by atoms with Gasteiger partial charge in [-0.3, -0.25) is 14.3 Å². The number of aromatic nitrogens is 3. The van der Waals surface area contributed by atoms with Crippen molar-refractivity contribution in [2.45, 2.75) is 39.3 Å². The summed E-state index contributed by atoms with van der Waals surface area (Å²) in [5, 5.41) is 10.7. The zero-order valence-corrected chi connectivity index (χ0v) is 13.2. The molecule has 3 N–H and O–H groups in total. The monoisotopic (exact) mass is 308 g/mol. The van der Waals surface area contributed by atoms with Gasteiger partial charge in [-0.25, -0.2) is 0 Å². The van der Waals surface area contributed by atoms with Crippen LogP contribution in [0.15, 0.2) is 6.20 Å². The molecule has 0 bridgehead atoms. The number of hydrogen-bond acceptors (Lipinski definition) is 5. The van der Waals surface area contributed by atoms with E-state index in [1.165, 1.54) is 6.92 Å². The summed E-state index contributed by atoms with van der Waals surface area (Å²) in [4.78, 5) is 25.5. The molecule has 2 amide bonds. The summed E-state index contributed by atoms with van der Waals surface area (Å²) < 4.78 is 1.69. The standard InChI is InChI=1S/C14H24N6O2/c1-10-7-20(18-17-10)6-5-16-14(22)12-3-4-13(15)9-19(8-12)11(2)21/h7,12-13H,3-6,8-9,15H2,1-2H3,(H,16,22)/t12-,13+/m1/s1. The Morgan fingerprint density at radius 3 is 2.82 bits per heavy atom. The number of amides is 2. The highest BCUT2D eigenvalue weighted by atomic mass is 16.2. The molecule has 0 aromatic carbocycles. The molecule has 22 heavy (non-hydrogen) atoms. The van der Waals surface area contributed by atoms with Gasteiger partial charge in [0.1, 0.15) is 0 Å². The van der Waals surface area contributed by atoms with Crippen LogP contribution in [0.3, 0.4) is 0 Å². The van der Waals surface area contributed by atoms with Crippen LogP contribution in [0.1, 0.15) is 25.5 Å². The van der Waals surface area contributed by atoms with Crippen molar-refractivity contribution in [3.63, 3.8) is 0 Å². The van der Waals surface area contributed by atoms with E-state index in [9.17, 15) is 9.59 Å². The molecule has 1 aliphatic heterocycles. The minimum atomic E-state index is -0.199. The molecular weight excluding hydrogens is 284 g/mol. The predicted octanol–water partition coefficient (Wildman–Crippen LogP) is -0.711. The molecule has 1 aromatic heterocycles. The predicted molar refractivity (Wildman–Crippen MR) is 80.7 cm³/mol. The summed E-state index contributed by atoms with van der Waals surface area (Å²) in [6, 6.07) is -0.0557. The largest absolute Gasteiger partial charge is 0.354 e. The van der Waals surface area contributed by atoms with Crippen molar-refractivity contribution in [3.05, 3.63) is 11.9 Å². The quantitative estimate of drug-likeness (QED) is 0.764. The van der Waals surface area contributed by atoms with E-state index in [2.05, 4.69) is 15.6 Å². The average Bonchev–Trinajstić information content (AvgIpc) is 2.76. The fraction of sp³-hybridized carbons (Fsp3) is 0.714. The van der Waals surface area contributed by atoms with E-state index >= 15 is 0 Å². The van der Waals surface area contributed by atoms with Crippen molar-refractivity contribution in [2.75, 3.05) is 19.6 Å². The molecule has 2 heterocycles. The van der Waals surface area contributed by atoms with Gasteiger partial charge in [0, 0.05) is 38.8 Å². The lowest BCUT2D eigenvalue weighted by Gasteiger charge is -2.23. The molecule has 1 saturated heterocycles. The first-order chi connectivity index (χ1) is 10.5. The van der Waals surface area contributed by atoms with E-state index in [0.29, 0.717) is 32.6 Å². The van der Waals surface area contributed by atoms with Crippen molar-refractivity contribution in [3.8, 4) is 0 Å². The molecule has 0 saturated carbocycles. The third-order valence-corrected chi connectivity index (χ3v) is 3.89. The van der Waals surface area contributed by atoms with Gasteiger partial charge in [0.05, 0.1) is 18.2 Å². The molecule has 0 radical (unpaired) electrons. The number of nitrogens with one attached hydrogen (secondary N) is 1. The third-order valence-electron chi connectivity index (χ3n) is 3.89. The lowest BCUT2D eigenvalue weighted by Crippen LogP contribution is -2.42. The maximum atomic E-state index is 12.3. The fourth-order valence-electron chi connectivity index (χ4n) is 2.64. The second-order valence-corrected chi connectivity index (χ2v) is 5.87. The highest BCUT2D eigenvalue weighted by Gasteiger charge is 2.28. The number of likely N-dealkylation sites (tertiary alicyclic amines) is 1. The maximum Gasteiger partial charge on any atom is 0.224 e. The van der Waals surface area contributed by atoms with Gasteiger partial charge in [-0.1, -0.05) is 5.21 Å².